The Bertz CT molecular complexity index is 797. The average molecular weight is 434 g/mol. The maximum atomic E-state index is 13.1. The van der Waals surface area contributed by atoms with Gasteiger partial charge < -0.3 is 24.6 Å². The summed E-state index contributed by atoms with van der Waals surface area (Å²) in [5, 5.41) is 2.84. The molecule has 1 heterocycles. The van der Waals surface area contributed by atoms with Crippen LogP contribution >= 0.6 is 0 Å². The van der Waals surface area contributed by atoms with Crippen molar-refractivity contribution < 1.29 is 23.9 Å². The van der Waals surface area contributed by atoms with Crippen LogP contribution in [-0.4, -0.2) is 73.5 Å². The fraction of sp³-hybridized carbons (Fsp3) is 0.609. The topological polar surface area (TPSA) is 88.2 Å². The van der Waals surface area contributed by atoms with Crippen molar-refractivity contribution in [3.8, 4) is 5.75 Å². The van der Waals surface area contributed by atoms with Gasteiger partial charge in [-0.3, -0.25) is 14.4 Å². The molecule has 172 valence electrons. The molecule has 0 saturated heterocycles. The van der Waals surface area contributed by atoms with E-state index < -0.39 is 0 Å². The van der Waals surface area contributed by atoms with E-state index in [0.717, 1.165) is 6.42 Å². The fourth-order valence-electron chi connectivity index (χ4n) is 3.74. The molecule has 31 heavy (non-hydrogen) atoms. The predicted molar refractivity (Wildman–Crippen MR) is 119 cm³/mol. The lowest BCUT2D eigenvalue weighted by Gasteiger charge is -2.35. The normalized spacial score (nSPS) is 22.6. The van der Waals surface area contributed by atoms with Gasteiger partial charge in [0.15, 0.2) is 0 Å². The second kappa shape index (κ2) is 11.1. The maximum absolute atomic E-state index is 13.1. The number of rotatable bonds is 4. The minimum absolute atomic E-state index is 0.0293. The SMILES string of the molecule is CCCC(=O)Nc1ccc2c(c1)OC[C@H](C)N(C(C)=O)C[C@@H](C)[C@H](OC)CN(C)C2=O. The first-order valence-electron chi connectivity index (χ1n) is 10.8. The number of anilines is 1. The molecule has 2 rings (SSSR count). The molecule has 0 saturated carbocycles. The second-order valence-corrected chi connectivity index (χ2v) is 8.28. The van der Waals surface area contributed by atoms with Gasteiger partial charge >= 0.3 is 0 Å². The Hall–Kier alpha value is -2.61. The van der Waals surface area contributed by atoms with E-state index in [2.05, 4.69) is 5.32 Å². The molecule has 3 amide bonds. The zero-order valence-electron chi connectivity index (χ0n) is 19.4. The minimum Gasteiger partial charge on any atom is -0.491 e. The van der Waals surface area contributed by atoms with Gasteiger partial charge in [-0.05, 0) is 25.5 Å². The molecule has 0 radical (unpaired) electrons. The zero-order chi connectivity index (χ0) is 23.1. The van der Waals surface area contributed by atoms with Gasteiger partial charge in [-0.25, -0.2) is 0 Å². The number of ether oxygens (including phenoxy) is 2. The summed E-state index contributed by atoms with van der Waals surface area (Å²) in [5.41, 5.74) is 0.972. The van der Waals surface area contributed by atoms with E-state index in [4.69, 9.17) is 9.47 Å². The molecule has 0 fully saturated rings. The molecular formula is C23H35N3O5. The first kappa shape index (κ1) is 24.7. The van der Waals surface area contributed by atoms with E-state index in [-0.39, 0.29) is 42.4 Å². The number of hydrogen-bond acceptors (Lipinski definition) is 5. The van der Waals surface area contributed by atoms with Gasteiger partial charge in [0.05, 0.1) is 17.7 Å². The second-order valence-electron chi connectivity index (χ2n) is 8.28. The number of nitrogens with one attached hydrogen (secondary N) is 1. The summed E-state index contributed by atoms with van der Waals surface area (Å²) in [6, 6.07) is 4.84. The van der Waals surface area contributed by atoms with E-state index >= 15 is 0 Å². The van der Waals surface area contributed by atoms with Crippen LogP contribution in [0.2, 0.25) is 0 Å². The standard InChI is InChI=1S/C23H35N3O5/c1-7-8-22(28)24-18-9-10-19-20(11-18)31-14-16(3)26(17(4)27)12-15(2)21(30-6)13-25(5)23(19)29/h9-11,15-16,21H,7-8,12-14H2,1-6H3,(H,24,28)/t15-,16+,21-/m1/s1. The number of likely N-dealkylation sites (N-methyl/N-ethyl adjacent to an activating group) is 1. The number of hydrogen-bond donors (Lipinski definition) is 1. The zero-order valence-corrected chi connectivity index (χ0v) is 19.4. The van der Waals surface area contributed by atoms with Crippen molar-refractivity contribution in [3.63, 3.8) is 0 Å². The highest BCUT2D eigenvalue weighted by Crippen LogP contribution is 2.27. The molecule has 0 spiro atoms. The smallest absolute Gasteiger partial charge is 0.257 e. The molecule has 0 unspecified atom stereocenters. The molecule has 0 aromatic heterocycles. The highest BCUT2D eigenvalue weighted by molar-refractivity contribution is 5.98. The molecule has 0 bridgehead atoms. The molecule has 1 aromatic carbocycles. The Morgan fingerprint density at radius 2 is 1.97 bits per heavy atom. The minimum atomic E-state index is -0.223. The number of benzene rings is 1. The molecule has 1 N–H and O–H groups in total. The van der Waals surface area contributed by atoms with Crippen LogP contribution in [0.5, 0.6) is 5.75 Å². The molecule has 8 heteroatoms. The number of carbonyl (C=O) groups excluding carboxylic acids is 3. The third kappa shape index (κ3) is 6.43. The molecule has 3 atom stereocenters. The van der Waals surface area contributed by atoms with Crippen LogP contribution in [0.4, 0.5) is 5.69 Å². The number of fused-ring (bicyclic) bond motifs is 1. The summed E-state index contributed by atoms with van der Waals surface area (Å²) in [5.74, 6) is 0.0882. The predicted octanol–water partition coefficient (Wildman–Crippen LogP) is 2.78. The Labute approximate surface area is 184 Å². The highest BCUT2D eigenvalue weighted by Gasteiger charge is 2.29. The van der Waals surface area contributed by atoms with Gasteiger partial charge in [0, 0.05) is 58.3 Å². The van der Waals surface area contributed by atoms with Crippen LogP contribution in [0, 0.1) is 5.92 Å². The third-order valence-electron chi connectivity index (χ3n) is 5.61. The molecule has 1 aliphatic rings. The van der Waals surface area contributed by atoms with Crippen LogP contribution in [0.3, 0.4) is 0 Å². The Morgan fingerprint density at radius 1 is 1.26 bits per heavy atom. The molecule has 8 nitrogen and oxygen atoms in total. The number of nitrogens with zero attached hydrogens (tertiary/aromatic N) is 2. The summed E-state index contributed by atoms with van der Waals surface area (Å²) in [6.45, 7) is 8.52. The van der Waals surface area contributed by atoms with Gasteiger partial charge in [0.1, 0.15) is 12.4 Å². The summed E-state index contributed by atoms with van der Waals surface area (Å²) in [7, 11) is 3.34. The average Bonchev–Trinajstić information content (AvgIpc) is 2.72. The van der Waals surface area contributed by atoms with Crippen molar-refractivity contribution in [1.82, 2.24) is 9.80 Å². The van der Waals surface area contributed by atoms with E-state index in [1.807, 2.05) is 20.8 Å². The molecular weight excluding hydrogens is 398 g/mol. The summed E-state index contributed by atoms with van der Waals surface area (Å²) in [4.78, 5) is 40.8. The first-order valence-corrected chi connectivity index (χ1v) is 10.8. The van der Waals surface area contributed by atoms with Gasteiger partial charge in [-0.1, -0.05) is 13.8 Å². The third-order valence-corrected chi connectivity index (χ3v) is 5.61. The van der Waals surface area contributed by atoms with Crippen LogP contribution in [0.25, 0.3) is 0 Å². The lowest BCUT2D eigenvalue weighted by atomic mass is 10.0. The Balaban J connectivity index is 2.41. The Morgan fingerprint density at radius 3 is 2.58 bits per heavy atom. The maximum Gasteiger partial charge on any atom is 0.257 e. The molecule has 1 aromatic rings. The summed E-state index contributed by atoms with van der Waals surface area (Å²) < 4.78 is 11.7. The van der Waals surface area contributed by atoms with E-state index in [9.17, 15) is 14.4 Å². The number of methoxy groups -OCH3 is 1. The highest BCUT2D eigenvalue weighted by atomic mass is 16.5. The van der Waals surface area contributed by atoms with Crippen molar-refractivity contribution in [2.75, 3.05) is 39.2 Å². The van der Waals surface area contributed by atoms with Crippen LogP contribution in [0.1, 0.15) is 50.9 Å². The van der Waals surface area contributed by atoms with E-state index in [1.54, 1.807) is 49.1 Å². The monoisotopic (exact) mass is 433 g/mol. The van der Waals surface area contributed by atoms with Crippen molar-refractivity contribution in [2.45, 2.75) is 52.7 Å². The van der Waals surface area contributed by atoms with Gasteiger partial charge in [0.25, 0.3) is 5.91 Å². The largest absolute Gasteiger partial charge is 0.491 e. The van der Waals surface area contributed by atoms with Crippen molar-refractivity contribution in [3.05, 3.63) is 23.8 Å². The van der Waals surface area contributed by atoms with Gasteiger partial charge in [-0.15, -0.1) is 0 Å². The lowest BCUT2D eigenvalue weighted by molar-refractivity contribution is -0.133. The van der Waals surface area contributed by atoms with Crippen molar-refractivity contribution >= 4 is 23.4 Å². The van der Waals surface area contributed by atoms with Gasteiger partial charge in [-0.2, -0.15) is 0 Å². The van der Waals surface area contributed by atoms with E-state index in [0.29, 0.717) is 36.5 Å². The Kier molecular flexibility index (Phi) is 8.86. The fourth-order valence-corrected chi connectivity index (χ4v) is 3.74. The summed E-state index contributed by atoms with van der Waals surface area (Å²) in [6.07, 6.45) is 0.939. The number of amides is 3. The van der Waals surface area contributed by atoms with E-state index in [1.165, 1.54) is 0 Å². The quantitative estimate of drug-likeness (QED) is 0.789. The van der Waals surface area contributed by atoms with Crippen LogP contribution in [0.15, 0.2) is 18.2 Å². The molecule has 0 aliphatic carbocycles. The lowest BCUT2D eigenvalue weighted by Crippen LogP contribution is -2.48. The first-order chi connectivity index (χ1) is 14.7. The van der Waals surface area contributed by atoms with Crippen LogP contribution in [-0.2, 0) is 14.3 Å². The van der Waals surface area contributed by atoms with Crippen molar-refractivity contribution in [1.29, 1.82) is 0 Å². The van der Waals surface area contributed by atoms with Crippen LogP contribution < -0.4 is 10.1 Å². The van der Waals surface area contributed by atoms with Gasteiger partial charge in [0.2, 0.25) is 11.8 Å². The molecule has 1 aliphatic heterocycles. The van der Waals surface area contributed by atoms with Crippen molar-refractivity contribution in [2.24, 2.45) is 5.92 Å². The number of carbonyl (C=O) groups is 3. The summed E-state index contributed by atoms with van der Waals surface area (Å²) >= 11 is 0.